The Hall–Kier alpha value is -2.62. The van der Waals surface area contributed by atoms with Crippen LogP contribution in [-0.2, 0) is 4.43 Å². The maximum absolute atomic E-state index is 7.06. The molecule has 4 aromatic rings. The van der Waals surface area contributed by atoms with Crippen LogP contribution in [0.3, 0.4) is 0 Å². The van der Waals surface area contributed by atoms with Crippen LogP contribution in [0.5, 0.6) is 0 Å². The molecule has 5 heteroatoms. The lowest BCUT2D eigenvalue weighted by atomic mass is 10.1. The molecule has 0 unspecified atom stereocenters. The molecule has 1 atom stereocenters. The Balaban J connectivity index is 1.66. The van der Waals surface area contributed by atoms with Gasteiger partial charge in [0.2, 0.25) is 0 Å². The highest BCUT2D eigenvalue weighted by Crippen LogP contribution is 2.56. The van der Waals surface area contributed by atoms with E-state index in [1.54, 1.807) is 11.3 Å². The Kier molecular flexibility index (Phi) is 11.2. The molecule has 0 spiro atoms. The van der Waals surface area contributed by atoms with E-state index >= 15 is 0 Å². The van der Waals surface area contributed by atoms with Gasteiger partial charge in [-0.1, -0.05) is 87.0 Å². The molecule has 0 fully saturated rings. The zero-order chi connectivity index (χ0) is 31.1. The van der Waals surface area contributed by atoms with Crippen LogP contribution in [0.25, 0.3) is 6.08 Å². The third-order valence-corrected chi connectivity index (χ3v) is 18.6. The summed E-state index contributed by atoms with van der Waals surface area (Å²) in [7, 11) is -3.83. The molecule has 1 aromatic heterocycles. The molecule has 3 aromatic carbocycles. The lowest BCUT2D eigenvalue weighted by molar-refractivity contribution is 0.217. The third kappa shape index (κ3) is 8.31. The third-order valence-electron chi connectivity index (χ3n) is 8.88. The summed E-state index contributed by atoms with van der Waals surface area (Å²) in [6.07, 6.45) is 7.70. The molecule has 0 saturated carbocycles. The van der Waals surface area contributed by atoms with E-state index in [-0.39, 0.29) is 11.1 Å². The number of allylic oxidation sites excluding steroid dienone is 1. The first kappa shape index (κ1) is 33.3. The van der Waals surface area contributed by atoms with Crippen molar-refractivity contribution in [3.05, 3.63) is 124 Å². The van der Waals surface area contributed by atoms with Crippen molar-refractivity contribution in [2.75, 3.05) is 6.16 Å². The van der Waals surface area contributed by atoms with Crippen molar-refractivity contribution in [2.24, 2.45) is 0 Å². The zero-order valence-corrected chi connectivity index (χ0v) is 30.0. The molecule has 0 radical (unpaired) electrons. The largest absolute Gasteiger partial charge is 0.410 e. The van der Waals surface area contributed by atoms with E-state index in [9.17, 15) is 0 Å². The molecule has 226 valence electrons. The lowest BCUT2D eigenvalue weighted by Gasteiger charge is -2.39. The number of aryl methyl sites for hydroxylation is 1. The van der Waals surface area contributed by atoms with E-state index in [2.05, 4.69) is 163 Å². The molecule has 4 rings (SSSR count). The second kappa shape index (κ2) is 14.4. The summed E-state index contributed by atoms with van der Waals surface area (Å²) >= 11 is 1.70. The van der Waals surface area contributed by atoms with Crippen LogP contribution in [-0.4, -0.2) is 25.6 Å². The topological polar surface area (TPSA) is 22.1 Å². The van der Waals surface area contributed by atoms with Crippen molar-refractivity contribution in [2.45, 2.75) is 78.6 Å². The first-order valence-corrected chi connectivity index (χ1v) is 21.2. The van der Waals surface area contributed by atoms with Gasteiger partial charge < -0.3 is 4.43 Å². The van der Waals surface area contributed by atoms with Crippen molar-refractivity contribution in [1.29, 1.82) is 0 Å². The van der Waals surface area contributed by atoms with Gasteiger partial charge >= 0.3 is 0 Å². The van der Waals surface area contributed by atoms with Crippen molar-refractivity contribution in [3.63, 3.8) is 0 Å². The van der Waals surface area contributed by atoms with E-state index in [1.165, 1.54) is 27.1 Å². The summed E-state index contributed by atoms with van der Waals surface area (Å²) < 4.78 is 7.06. The lowest BCUT2D eigenvalue weighted by Crippen LogP contribution is -2.44. The highest BCUT2D eigenvalue weighted by Gasteiger charge is 2.44. The van der Waals surface area contributed by atoms with Gasteiger partial charge in [-0.15, -0.1) is 11.3 Å². The Morgan fingerprint density at radius 3 is 1.77 bits per heavy atom. The summed E-state index contributed by atoms with van der Waals surface area (Å²) in [5.41, 5.74) is 3.71. The minimum absolute atomic E-state index is 0.0368. The fraction of sp³-hybridized carbons (Fsp3) is 0.342. The predicted octanol–water partition coefficient (Wildman–Crippen LogP) is 9.97. The Bertz CT molecular complexity index is 1410. The normalized spacial score (nSPS) is 14.1. The van der Waals surface area contributed by atoms with Crippen LogP contribution in [0.1, 0.15) is 58.2 Å². The average Bonchev–Trinajstić information content (AvgIpc) is 3.40. The van der Waals surface area contributed by atoms with Gasteiger partial charge in [0.1, 0.15) is 23.2 Å². The maximum Gasteiger partial charge on any atom is 0.192 e. The van der Waals surface area contributed by atoms with E-state index in [4.69, 9.17) is 9.41 Å². The molecule has 43 heavy (non-hydrogen) atoms. The summed E-state index contributed by atoms with van der Waals surface area (Å²) in [5, 5.41) is 7.71. The monoisotopic (exact) mass is 626 g/mol. The summed E-state index contributed by atoms with van der Waals surface area (Å²) in [4.78, 5) is 4.70. The highest BCUT2D eigenvalue weighted by molar-refractivity contribution is 7.95. The van der Waals surface area contributed by atoms with Gasteiger partial charge in [0.05, 0.1) is 23.0 Å². The number of benzene rings is 3. The predicted molar refractivity (Wildman–Crippen MR) is 196 cm³/mol. The summed E-state index contributed by atoms with van der Waals surface area (Å²) in [6.45, 7) is 18.3. The standard InChI is InChI=1S/C38H49NOPSSi/c1-30(24-25-37(40-43(7,8)38(4,5)6)31(2)28-33-29-42-32(3)39-33)26-27-41(34-18-12-9-13-19-34,35-20-14-10-15-21-35)36-22-16-11-17-23-36/h9-24,28-29,37H,25-27H2,1-8H3/q+1/b30-24+,31-28+/t37-/m0/s1. The van der Waals surface area contributed by atoms with E-state index < -0.39 is 15.6 Å². The van der Waals surface area contributed by atoms with Crippen molar-refractivity contribution >= 4 is 48.9 Å². The fourth-order valence-electron chi connectivity index (χ4n) is 5.27. The van der Waals surface area contributed by atoms with Crippen molar-refractivity contribution in [3.8, 4) is 0 Å². The SMILES string of the molecule is C/C(=C\C[C@H](O[Si](C)(C)C(C)(C)C)/C(C)=C/c1csc(C)n1)CC[P+](c1ccccc1)(c1ccccc1)c1ccccc1. The zero-order valence-electron chi connectivity index (χ0n) is 27.3. The number of hydrogen-bond acceptors (Lipinski definition) is 3. The van der Waals surface area contributed by atoms with E-state index in [0.29, 0.717) is 0 Å². The molecule has 0 aliphatic carbocycles. The van der Waals surface area contributed by atoms with Crippen LogP contribution in [0, 0.1) is 6.92 Å². The Labute approximate surface area is 266 Å². The molecule has 0 saturated heterocycles. The minimum atomic E-state index is -1.98. The van der Waals surface area contributed by atoms with E-state index in [0.717, 1.165) is 29.7 Å². The molecule has 0 aliphatic rings. The number of rotatable bonds is 12. The Morgan fingerprint density at radius 2 is 1.35 bits per heavy atom. The van der Waals surface area contributed by atoms with Gasteiger partial charge in [-0.2, -0.15) is 0 Å². The van der Waals surface area contributed by atoms with Gasteiger partial charge in [0, 0.05) is 11.8 Å². The molecule has 0 N–H and O–H groups in total. The maximum atomic E-state index is 7.06. The van der Waals surface area contributed by atoms with Gasteiger partial charge in [0.15, 0.2) is 8.32 Å². The molecular formula is C38H49NOPSSi+. The highest BCUT2D eigenvalue weighted by atomic mass is 32.1. The number of nitrogens with zero attached hydrogens (tertiary/aromatic N) is 1. The van der Waals surface area contributed by atoms with Gasteiger partial charge in [-0.05, 0) is 93.4 Å². The van der Waals surface area contributed by atoms with Crippen LogP contribution in [0.2, 0.25) is 18.1 Å². The summed E-state index contributed by atoms with van der Waals surface area (Å²) in [5.74, 6) is 0. The molecule has 2 nitrogen and oxygen atoms in total. The number of hydrogen-bond donors (Lipinski definition) is 0. The molecular weight excluding hydrogens is 578 g/mol. The fourth-order valence-corrected chi connectivity index (χ4v) is 11.6. The smallest absolute Gasteiger partial charge is 0.192 e. The van der Waals surface area contributed by atoms with Crippen LogP contribution >= 0.6 is 18.6 Å². The molecule has 0 aliphatic heterocycles. The van der Waals surface area contributed by atoms with Crippen LogP contribution in [0.4, 0.5) is 0 Å². The Morgan fingerprint density at radius 1 is 0.860 bits per heavy atom. The molecule has 1 heterocycles. The molecule has 0 bridgehead atoms. The van der Waals surface area contributed by atoms with Crippen LogP contribution < -0.4 is 15.9 Å². The first-order chi connectivity index (χ1) is 20.4. The minimum Gasteiger partial charge on any atom is -0.410 e. The number of aromatic nitrogens is 1. The average molecular weight is 627 g/mol. The van der Waals surface area contributed by atoms with Gasteiger partial charge in [-0.3, -0.25) is 0 Å². The second-order valence-corrected chi connectivity index (χ2v) is 22.6. The number of thiazole rings is 1. The van der Waals surface area contributed by atoms with Crippen molar-refractivity contribution in [1.82, 2.24) is 4.98 Å². The van der Waals surface area contributed by atoms with E-state index in [1.807, 2.05) is 0 Å². The second-order valence-electron chi connectivity index (χ2n) is 13.1. The quantitative estimate of drug-likeness (QED) is 0.0887. The first-order valence-electron chi connectivity index (χ1n) is 15.4. The molecule has 0 amide bonds. The van der Waals surface area contributed by atoms with Crippen molar-refractivity contribution < 1.29 is 4.43 Å². The summed E-state index contributed by atoms with van der Waals surface area (Å²) in [6, 6.07) is 33.6. The van der Waals surface area contributed by atoms with Crippen LogP contribution in [0.15, 0.2) is 114 Å². The van der Waals surface area contributed by atoms with Gasteiger partial charge in [0.25, 0.3) is 0 Å². The van der Waals surface area contributed by atoms with Gasteiger partial charge in [-0.25, -0.2) is 4.98 Å².